The molecule has 2 aromatic rings. The van der Waals surface area contributed by atoms with E-state index in [0.717, 1.165) is 22.1 Å². The number of hydrogen-bond donors (Lipinski definition) is 2. The van der Waals surface area contributed by atoms with Crippen molar-refractivity contribution in [3.8, 4) is 0 Å². The molecule has 3 N–H and O–H groups in total. The number of nitrogens with one attached hydrogen (secondary N) is 1. The van der Waals surface area contributed by atoms with Gasteiger partial charge in [-0.2, -0.15) is 0 Å². The van der Waals surface area contributed by atoms with Crippen LogP contribution in [0.2, 0.25) is 5.02 Å². The molecule has 18 heavy (non-hydrogen) atoms. The van der Waals surface area contributed by atoms with Crippen molar-refractivity contribution in [1.29, 1.82) is 0 Å². The van der Waals surface area contributed by atoms with Crippen molar-refractivity contribution >= 4 is 22.9 Å². The number of aromatic nitrogens is 1. The molecule has 1 heterocycles. The number of nitrogens with two attached hydrogens (primary N) is 1. The highest BCUT2D eigenvalue weighted by Gasteiger charge is 2.16. The quantitative estimate of drug-likeness (QED) is 0.669. The van der Waals surface area contributed by atoms with Crippen molar-refractivity contribution in [2.24, 2.45) is 5.84 Å². The fourth-order valence-electron chi connectivity index (χ4n) is 1.95. The van der Waals surface area contributed by atoms with E-state index in [0.29, 0.717) is 0 Å². The van der Waals surface area contributed by atoms with E-state index in [1.54, 1.807) is 11.3 Å². The first-order chi connectivity index (χ1) is 8.60. The maximum Gasteiger partial charge on any atom is 0.0900 e. The molecule has 0 spiro atoms. The van der Waals surface area contributed by atoms with Gasteiger partial charge in [0.1, 0.15) is 0 Å². The van der Waals surface area contributed by atoms with Crippen molar-refractivity contribution in [1.82, 2.24) is 10.4 Å². The Morgan fingerprint density at radius 1 is 1.33 bits per heavy atom. The van der Waals surface area contributed by atoms with Crippen LogP contribution in [-0.4, -0.2) is 4.98 Å². The summed E-state index contributed by atoms with van der Waals surface area (Å²) in [6.45, 7) is 4.03. The van der Waals surface area contributed by atoms with Gasteiger partial charge in [-0.3, -0.25) is 11.3 Å². The van der Waals surface area contributed by atoms with E-state index in [1.807, 2.05) is 38.1 Å². The number of hydrogen-bond acceptors (Lipinski definition) is 4. The Morgan fingerprint density at radius 3 is 2.50 bits per heavy atom. The standard InChI is InChI=1S/C13H16ClN3S/c1-8-13(18-9(2)16-8)12(17-15)7-10-3-5-11(14)6-4-10/h3-6,12,17H,7,15H2,1-2H3. The van der Waals surface area contributed by atoms with E-state index in [4.69, 9.17) is 17.4 Å². The zero-order valence-electron chi connectivity index (χ0n) is 10.4. The molecule has 2 rings (SSSR count). The molecule has 0 aliphatic carbocycles. The van der Waals surface area contributed by atoms with Crippen molar-refractivity contribution in [2.45, 2.75) is 26.3 Å². The minimum absolute atomic E-state index is 0.0948. The van der Waals surface area contributed by atoms with Gasteiger partial charge in [-0.25, -0.2) is 4.98 Å². The van der Waals surface area contributed by atoms with Gasteiger partial charge in [-0.05, 0) is 38.0 Å². The van der Waals surface area contributed by atoms with E-state index in [1.165, 1.54) is 10.4 Å². The summed E-state index contributed by atoms with van der Waals surface area (Å²) in [5.74, 6) is 5.66. The average molecular weight is 282 g/mol. The Morgan fingerprint density at radius 2 is 2.00 bits per heavy atom. The van der Waals surface area contributed by atoms with Crippen LogP contribution in [0.4, 0.5) is 0 Å². The number of aryl methyl sites for hydroxylation is 2. The van der Waals surface area contributed by atoms with Crippen molar-refractivity contribution in [3.63, 3.8) is 0 Å². The first-order valence-corrected chi connectivity index (χ1v) is 6.94. The van der Waals surface area contributed by atoms with Crippen LogP contribution in [0.25, 0.3) is 0 Å². The average Bonchev–Trinajstić information content (AvgIpc) is 2.68. The Kier molecular flexibility index (Phi) is 4.35. The summed E-state index contributed by atoms with van der Waals surface area (Å²) in [4.78, 5) is 5.64. The summed E-state index contributed by atoms with van der Waals surface area (Å²) >= 11 is 7.57. The zero-order chi connectivity index (χ0) is 13.1. The highest BCUT2D eigenvalue weighted by atomic mass is 35.5. The molecule has 3 nitrogen and oxygen atoms in total. The zero-order valence-corrected chi connectivity index (χ0v) is 12.0. The van der Waals surface area contributed by atoms with E-state index < -0.39 is 0 Å². The summed E-state index contributed by atoms with van der Waals surface area (Å²) in [5, 5.41) is 1.82. The van der Waals surface area contributed by atoms with Gasteiger partial charge in [-0.15, -0.1) is 11.3 Å². The van der Waals surface area contributed by atoms with Gasteiger partial charge in [0, 0.05) is 9.90 Å². The molecule has 0 radical (unpaired) electrons. The lowest BCUT2D eigenvalue weighted by atomic mass is 10.0. The topological polar surface area (TPSA) is 50.9 Å². The molecule has 0 aliphatic rings. The molecule has 96 valence electrons. The van der Waals surface area contributed by atoms with Crippen molar-refractivity contribution in [3.05, 3.63) is 50.4 Å². The largest absolute Gasteiger partial charge is 0.271 e. The van der Waals surface area contributed by atoms with Gasteiger partial charge >= 0.3 is 0 Å². The molecular weight excluding hydrogens is 266 g/mol. The Bertz CT molecular complexity index is 522. The number of nitrogens with zero attached hydrogens (tertiary/aromatic N) is 1. The lowest BCUT2D eigenvalue weighted by Gasteiger charge is -2.15. The highest BCUT2D eigenvalue weighted by molar-refractivity contribution is 7.11. The predicted molar refractivity (Wildman–Crippen MR) is 76.8 cm³/mol. The Balaban J connectivity index is 2.19. The lowest BCUT2D eigenvalue weighted by Crippen LogP contribution is -2.29. The Hall–Kier alpha value is -0.940. The molecule has 0 bridgehead atoms. The smallest absolute Gasteiger partial charge is 0.0900 e. The number of hydrazine groups is 1. The van der Waals surface area contributed by atoms with Crippen LogP contribution in [0, 0.1) is 13.8 Å². The summed E-state index contributed by atoms with van der Waals surface area (Å²) in [6.07, 6.45) is 0.830. The first kappa shape index (κ1) is 13.5. The maximum atomic E-state index is 5.88. The molecule has 1 atom stereocenters. The third kappa shape index (κ3) is 3.09. The van der Waals surface area contributed by atoms with Crippen molar-refractivity contribution in [2.75, 3.05) is 0 Å². The molecule has 1 aromatic carbocycles. The van der Waals surface area contributed by atoms with Gasteiger partial charge < -0.3 is 0 Å². The fraction of sp³-hybridized carbons (Fsp3) is 0.308. The van der Waals surface area contributed by atoms with Crippen LogP contribution in [0.3, 0.4) is 0 Å². The molecule has 0 saturated heterocycles. The second kappa shape index (κ2) is 5.80. The van der Waals surface area contributed by atoms with Gasteiger partial charge in [0.05, 0.1) is 16.7 Å². The number of benzene rings is 1. The molecule has 1 unspecified atom stereocenters. The SMILES string of the molecule is Cc1nc(C)c(C(Cc2ccc(Cl)cc2)NN)s1. The lowest BCUT2D eigenvalue weighted by molar-refractivity contribution is 0.557. The fourth-order valence-corrected chi connectivity index (χ4v) is 3.07. The number of rotatable bonds is 4. The van der Waals surface area contributed by atoms with E-state index in [-0.39, 0.29) is 6.04 Å². The molecule has 1 aromatic heterocycles. The Labute approximate surface area is 116 Å². The van der Waals surface area contributed by atoms with Crippen LogP contribution in [-0.2, 0) is 6.42 Å². The van der Waals surface area contributed by atoms with Crippen molar-refractivity contribution < 1.29 is 0 Å². The van der Waals surface area contributed by atoms with Crippen LogP contribution in [0.1, 0.15) is 27.2 Å². The van der Waals surface area contributed by atoms with Gasteiger partial charge in [0.25, 0.3) is 0 Å². The summed E-state index contributed by atoms with van der Waals surface area (Å²) in [5.41, 5.74) is 5.13. The second-order valence-corrected chi connectivity index (χ2v) is 5.90. The molecule has 5 heteroatoms. The normalized spacial score (nSPS) is 12.7. The summed E-state index contributed by atoms with van der Waals surface area (Å²) < 4.78 is 0. The van der Waals surface area contributed by atoms with Crippen LogP contribution < -0.4 is 11.3 Å². The molecule has 0 saturated carbocycles. The second-order valence-electron chi connectivity index (χ2n) is 4.23. The van der Waals surface area contributed by atoms with Gasteiger partial charge in [0.2, 0.25) is 0 Å². The van der Waals surface area contributed by atoms with Crippen LogP contribution >= 0.6 is 22.9 Å². The minimum Gasteiger partial charge on any atom is -0.271 e. The third-order valence-corrected chi connectivity index (χ3v) is 4.25. The number of thiazole rings is 1. The molecule has 0 aliphatic heterocycles. The van der Waals surface area contributed by atoms with E-state index >= 15 is 0 Å². The summed E-state index contributed by atoms with van der Waals surface area (Å²) in [6, 6.07) is 7.94. The highest BCUT2D eigenvalue weighted by Crippen LogP contribution is 2.27. The minimum atomic E-state index is 0.0948. The molecular formula is C13H16ClN3S. The van der Waals surface area contributed by atoms with Crippen LogP contribution in [0.15, 0.2) is 24.3 Å². The predicted octanol–water partition coefficient (Wildman–Crippen LogP) is 3.16. The summed E-state index contributed by atoms with van der Waals surface area (Å²) in [7, 11) is 0. The van der Waals surface area contributed by atoms with Gasteiger partial charge in [-0.1, -0.05) is 23.7 Å². The molecule has 0 fully saturated rings. The first-order valence-electron chi connectivity index (χ1n) is 5.74. The molecule has 0 amide bonds. The van der Waals surface area contributed by atoms with E-state index in [9.17, 15) is 0 Å². The van der Waals surface area contributed by atoms with E-state index in [2.05, 4.69) is 10.4 Å². The van der Waals surface area contributed by atoms with Crippen LogP contribution in [0.5, 0.6) is 0 Å². The maximum absolute atomic E-state index is 5.88. The van der Waals surface area contributed by atoms with Gasteiger partial charge in [0.15, 0.2) is 0 Å². The monoisotopic (exact) mass is 281 g/mol. The number of halogens is 1. The third-order valence-electron chi connectivity index (χ3n) is 2.81.